The fraction of sp³-hybridized carbons (Fsp3) is 0. The van der Waals surface area contributed by atoms with E-state index in [0.717, 1.165) is 0 Å². The van der Waals surface area contributed by atoms with Gasteiger partial charge in [0.15, 0.2) is 0 Å². The van der Waals surface area contributed by atoms with Crippen LogP contribution >= 0.6 is 0 Å². The van der Waals surface area contributed by atoms with E-state index in [0.29, 0.717) is 0 Å². The normalized spacial score (nSPS) is 5.78. The zero-order chi connectivity index (χ0) is 7.86. The molecule has 6 nitrogen and oxygen atoms in total. The molecule has 0 aromatic carbocycles. The summed E-state index contributed by atoms with van der Waals surface area (Å²) in [6, 6.07) is 0. The van der Waals surface area contributed by atoms with Crippen LogP contribution in [-0.4, -0.2) is 37.5 Å². The van der Waals surface area contributed by atoms with Crippen LogP contribution in [0.25, 0.3) is 0 Å². The van der Waals surface area contributed by atoms with Crippen molar-refractivity contribution in [2.24, 2.45) is 0 Å². The van der Waals surface area contributed by atoms with E-state index in [-0.39, 0.29) is 0 Å². The van der Waals surface area contributed by atoms with Gasteiger partial charge in [0, 0.05) is 0 Å². The third kappa shape index (κ3) is 19.3. The summed E-state index contributed by atoms with van der Waals surface area (Å²) in [5, 5.41) is 14.8. The second-order valence-electron chi connectivity index (χ2n) is 0.694. The molecule has 7 heteroatoms. The molecule has 0 amide bonds. The van der Waals surface area contributed by atoms with Gasteiger partial charge in [0.05, 0.1) is 0 Å². The van der Waals surface area contributed by atoms with Crippen molar-refractivity contribution >= 4 is 27.2 Å². The van der Waals surface area contributed by atoms with E-state index in [1.165, 1.54) is 0 Å². The summed E-state index contributed by atoms with van der Waals surface area (Å²) in [5.74, 6) is -3.65. The summed E-state index contributed by atoms with van der Waals surface area (Å²) >= 11 is -2.00. The first-order valence-corrected chi connectivity index (χ1v) is 3.23. The molecule has 0 saturated heterocycles. The van der Waals surface area contributed by atoms with E-state index in [2.05, 4.69) is 0 Å². The molecule has 0 fully saturated rings. The Bertz CT molecular complexity index is 131. The topological polar surface area (TPSA) is 109 Å². The van der Waals surface area contributed by atoms with Gasteiger partial charge in [-0.2, -0.15) is 0 Å². The molecule has 50 valence electrons. The molecule has 0 saturated carbocycles. The van der Waals surface area contributed by atoms with E-state index < -0.39 is 27.2 Å². The summed E-state index contributed by atoms with van der Waals surface area (Å²) in [4.78, 5) is 18.2. The van der Waals surface area contributed by atoms with Crippen molar-refractivity contribution in [2.45, 2.75) is 0 Å². The third-order valence-corrected chi connectivity index (χ3v) is 0.183. The quantitative estimate of drug-likeness (QED) is 0.360. The van der Waals surface area contributed by atoms with Crippen molar-refractivity contribution in [3.63, 3.8) is 0 Å². The first-order chi connectivity index (χ1) is 4.06. The Hall–Kier alpha value is -0.917. The molecular weight excluding hydrogens is 193 g/mol. The van der Waals surface area contributed by atoms with Crippen LogP contribution in [0.4, 0.5) is 0 Å². The summed E-state index contributed by atoms with van der Waals surface area (Å²) in [6.07, 6.45) is 0. The molecule has 0 radical (unpaired) electrons. The maximum absolute atomic E-state index is 9.10. The molecule has 2 N–H and O–H groups in total. The average molecular weight is 195 g/mol. The molecule has 0 aliphatic carbocycles. The van der Waals surface area contributed by atoms with Crippen molar-refractivity contribution in [1.29, 1.82) is 0 Å². The molecule has 9 heavy (non-hydrogen) atoms. The van der Waals surface area contributed by atoms with Crippen molar-refractivity contribution in [3.05, 3.63) is 0 Å². The van der Waals surface area contributed by atoms with Gasteiger partial charge in [0.1, 0.15) is 0 Å². The minimum atomic E-state index is -2.00. The third-order valence-electron chi connectivity index (χ3n) is 0.183. The minimum absolute atomic E-state index is 1.82. The van der Waals surface area contributed by atoms with Gasteiger partial charge < -0.3 is 10.2 Å². The fourth-order valence-electron chi connectivity index (χ4n) is 0. The number of carboxylic acid groups (broad SMARTS) is 2. The van der Waals surface area contributed by atoms with Crippen molar-refractivity contribution in [3.8, 4) is 0 Å². The Labute approximate surface area is 55.4 Å². The molecule has 0 aromatic rings. The van der Waals surface area contributed by atoms with Crippen LogP contribution in [-0.2, 0) is 17.1 Å². The molecule has 0 unspecified atom stereocenters. The standard InChI is InChI=1S/C2H2O4.GeO2/c3-1(4)2(5)6;2-1-3/h(H,3,4)(H,5,6);. The van der Waals surface area contributed by atoms with Gasteiger partial charge in [-0.25, -0.2) is 9.59 Å². The summed E-state index contributed by atoms with van der Waals surface area (Å²) in [7, 11) is 0. The molecule has 0 spiro atoms. The van der Waals surface area contributed by atoms with E-state index in [1.807, 2.05) is 0 Å². The molecular formula is C2H2GeO6. The van der Waals surface area contributed by atoms with E-state index in [1.54, 1.807) is 0 Å². The number of carboxylic acids is 2. The SMILES string of the molecule is O=C(O)C(=O)O.[O]=[Ge]=[O]. The van der Waals surface area contributed by atoms with Gasteiger partial charge in [-0.3, -0.25) is 0 Å². The molecule has 0 rings (SSSR count). The predicted octanol–water partition coefficient (Wildman–Crippen LogP) is -1.46. The molecule has 0 bridgehead atoms. The van der Waals surface area contributed by atoms with Crippen LogP contribution in [0.1, 0.15) is 0 Å². The maximum atomic E-state index is 9.10. The Morgan fingerprint density at radius 2 is 1.11 bits per heavy atom. The summed E-state index contributed by atoms with van der Waals surface area (Å²) < 4.78 is 17.0. The molecule has 0 atom stereocenters. The molecule has 0 heterocycles. The van der Waals surface area contributed by atoms with Crippen LogP contribution in [0.3, 0.4) is 0 Å². The molecule has 0 aliphatic heterocycles. The first-order valence-electron chi connectivity index (χ1n) is 1.51. The van der Waals surface area contributed by atoms with E-state index in [4.69, 9.17) is 27.4 Å². The Balaban J connectivity index is 0. The van der Waals surface area contributed by atoms with Gasteiger partial charge in [-0.05, 0) is 0 Å². The number of rotatable bonds is 0. The van der Waals surface area contributed by atoms with E-state index in [9.17, 15) is 0 Å². The average Bonchev–Trinajstić information content (AvgIpc) is 1.68. The Morgan fingerprint density at radius 1 is 1.00 bits per heavy atom. The first kappa shape index (κ1) is 11.0. The van der Waals surface area contributed by atoms with Crippen molar-refractivity contribution < 1.29 is 27.4 Å². The Kier molecular flexibility index (Phi) is 8.62. The van der Waals surface area contributed by atoms with Crippen LogP contribution in [0.5, 0.6) is 0 Å². The fourth-order valence-corrected chi connectivity index (χ4v) is 0. The second kappa shape index (κ2) is 7.08. The van der Waals surface area contributed by atoms with Crippen LogP contribution < -0.4 is 0 Å². The van der Waals surface area contributed by atoms with Gasteiger partial charge in [0.25, 0.3) is 0 Å². The van der Waals surface area contributed by atoms with Crippen LogP contribution in [0.15, 0.2) is 0 Å². The zero-order valence-electron chi connectivity index (χ0n) is 4.03. The van der Waals surface area contributed by atoms with Gasteiger partial charge in [-0.15, -0.1) is 0 Å². The zero-order valence-corrected chi connectivity index (χ0v) is 6.13. The van der Waals surface area contributed by atoms with Crippen LogP contribution in [0.2, 0.25) is 0 Å². The Morgan fingerprint density at radius 3 is 1.11 bits per heavy atom. The number of aliphatic carboxylic acids is 2. The summed E-state index contributed by atoms with van der Waals surface area (Å²) in [5.41, 5.74) is 0. The molecule has 0 aliphatic rings. The number of hydrogen-bond donors (Lipinski definition) is 2. The molecule has 0 aromatic heterocycles. The van der Waals surface area contributed by atoms with Gasteiger partial charge >= 0.3 is 34.8 Å². The number of carbonyl (C=O) groups is 2. The number of hydrogen-bond acceptors (Lipinski definition) is 4. The van der Waals surface area contributed by atoms with Gasteiger partial charge in [-0.1, -0.05) is 0 Å². The van der Waals surface area contributed by atoms with Crippen molar-refractivity contribution in [2.75, 3.05) is 0 Å². The van der Waals surface area contributed by atoms with Crippen LogP contribution in [0, 0.1) is 0 Å². The van der Waals surface area contributed by atoms with Gasteiger partial charge in [0.2, 0.25) is 0 Å². The second-order valence-corrected chi connectivity index (χ2v) is 1.04. The monoisotopic (exact) mass is 196 g/mol. The van der Waals surface area contributed by atoms with Crippen molar-refractivity contribution in [1.82, 2.24) is 0 Å². The van der Waals surface area contributed by atoms with E-state index >= 15 is 0 Å². The predicted molar refractivity (Wildman–Crippen MR) is 22.4 cm³/mol. The summed E-state index contributed by atoms with van der Waals surface area (Å²) in [6.45, 7) is 0.